The molecule has 0 aromatic carbocycles. The summed E-state index contributed by atoms with van der Waals surface area (Å²) in [5.41, 5.74) is 1.32. The molecule has 5 nitrogen and oxygen atoms in total. The van der Waals surface area contributed by atoms with E-state index in [1.165, 1.54) is 17.2 Å². The molecule has 23 heavy (non-hydrogen) atoms. The van der Waals surface area contributed by atoms with E-state index in [9.17, 15) is 13.6 Å². The number of hydrogen-bond acceptors (Lipinski definition) is 3. The van der Waals surface area contributed by atoms with Crippen molar-refractivity contribution in [2.45, 2.75) is 6.17 Å². The van der Waals surface area contributed by atoms with Crippen LogP contribution in [0.15, 0.2) is 42.7 Å². The number of alkyl halides is 1. The van der Waals surface area contributed by atoms with Crippen molar-refractivity contribution in [1.29, 1.82) is 0 Å². The maximum absolute atomic E-state index is 13.5. The van der Waals surface area contributed by atoms with Crippen molar-refractivity contribution in [3.05, 3.63) is 54.4 Å². The average Bonchev–Trinajstić information content (AvgIpc) is 2.90. The van der Waals surface area contributed by atoms with E-state index in [1.807, 2.05) is 6.07 Å². The van der Waals surface area contributed by atoms with Crippen LogP contribution in [0.3, 0.4) is 0 Å². The van der Waals surface area contributed by atoms with Crippen LogP contribution in [0.2, 0.25) is 0 Å². The quantitative estimate of drug-likeness (QED) is 0.682. The van der Waals surface area contributed by atoms with Crippen LogP contribution < -0.4 is 0 Å². The number of aromatic nitrogens is 3. The average molecular weight is 314 g/mol. The SMILES string of the molecule is O=C(c1cc2cccnc2n1-c1ccnc(F)c1)N1CC(F)C1. The summed E-state index contributed by atoms with van der Waals surface area (Å²) in [6.45, 7) is 0.164. The molecule has 0 unspecified atom stereocenters. The zero-order valence-electron chi connectivity index (χ0n) is 12.0. The number of hydrogen-bond donors (Lipinski definition) is 0. The Hall–Kier alpha value is -2.83. The van der Waals surface area contributed by atoms with E-state index < -0.39 is 12.1 Å². The Balaban J connectivity index is 1.90. The summed E-state index contributed by atoms with van der Waals surface area (Å²) in [5.74, 6) is -0.944. The predicted molar refractivity (Wildman–Crippen MR) is 79.6 cm³/mol. The molecule has 4 heterocycles. The highest BCUT2D eigenvalue weighted by atomic mass is 19.1. The van der Waals surface area contributed by atoms with Gasteiger partial charge in [0.1, 0.15) is 17.5 Å². The van der Waals surface area contributed by atoms with Gasteiger partial charge in [0.15, 0.2) is 0 Å². The predicted octanol–water partition coefficient (Wildman–Crippen LogP) is 2.35. The minimum absolute atomic E-state index is 0.0818. The molecule has 0 spiro atoms. The van der Waals surface area contributed by atoms with Crippen molar-refractivity contribution in [2.24, 2.45) is 0 Å². The first kappa shape index (κ1) is 13.8. The van der Waals surface area contributed by atoms with Crippen molar-refractivity contribution in [3.63, 3.8) is 0 Å². The normalized spacial score (nSPS) is 15.0. The van der Waals surface area contributed by atoms with Crippen LogP contribution in [0.4, 0.5) is 8.78 Å². The number of pyridine rings is 2. The van der Waals surface area contributed by atoms with Crippen LogP contribution in [0.25, 0.3) is 16.7 Å². The van der Waals surface area contributed by atoms with Crippen LogP contribution in [0.5, 0.6) is 0 Å². The first-order chi connectivity index (χ1) is 11.1. The molecule has 1 aliphatic heterocycles. The second kappa shape index (κ2) is 5.12. The van der Waals surface area contributed by atoms with Crippen molar-refractivity contribution in [2.75, 3.05) is 13.1 Å². The zero-order chi connectivity index (χ0) is 16.0. The molecule has 4 rings (SSSR count). The van der Waals surface area contributed by atoms with Gasteiger partial charge in [0.2, 0.25) is 5.95 Å². The maximum Gasteiger partial charge on any atom is 0.271 e. The highest BCUT2D eigenvalue weighted by molar-refractivity contribution is 5.99. The first-order valence-corrected chi connectivity index (χ1v) is 7.15. The topological polar surface area (TPSA) is 51.0 Å². The van der Waals surface area contributed by atoms with E-state index in [0.717, 1.165) is 5.39 Å². The highest BCUT2D eigenvalue weighted by Gasteiger charge is 2.33. The standard InChI is InChI=1S/C16H12F2N4O/c17-11-8-21(9-11)16(23)13-6-10-2-1-4-20-15(10)22(13)12-3-5-19-14(18)7-12/h1-7,11H,8-9H2. The molecule has 7 heteroatoms. The van der Waals surface area contributed by atoms with Gasteiger partial charge in [-0.25, -0.2) is 14.4 Å². The summed E-state index contributed by atoms with van der Waals surface area (Å²) in [7, 11) is 0. The largest absolute Gasteiger partial charge is 0.331 e. The molecular weight excluding hydrogens is 302 g/mol. The van der Waals surface area contributed by atoms with Crippen molar-refractivity contribution < 1.29 is 13.6 Å². The molecule has 0 atom stereocenters. The number of halogens is 2. The van der Waals surface area contributed by atoms with Gasteiger partial charge in [0, 0.05) is 23.8 Å². The minimum Gasteiger partial charge on any atom is -0.331 e. The first-order valence-electron chi connectivity index (χ1n) is 7.15. The molecular formula is C16H12F2N4O. The van der Waals surface area contributed by atoms with Gasteiger partial charge in [0.25, 0.3) is 5.91 Å². The Morgan fingerprint density at radius 3 is 2.74 bits per heavy atom. The molecule has 1 fully saturated rings. The summed E-state index contributed by atoms with van der Waals surface area (Å²) in [5, 5.41) is 0.755. The fraction of sp³-hybridized carbons (Fsp3) is 0.188. The third kappa shape index (κ3) is 2.25. The fourth-order valence-corrected chi connectivity index (χ4v) is 2.74. The molecule has 0 radical (unpaired) electrons. The Morgan fingerprint density at radius 1 is 1.17 bits per heavy atom. The van der Waals surface area contributed by atoms with E-state index in [2.05, 4.69) is 9.97 Å². The molecule has 0 N–H and O–H groups in total. The molecule has 3 aromatic rings. The number of fused-ring (bicyclic) bond motifs is 1. The van der Waals surface area contributed by atoms with Gasteiger partial charge in [0.05, 0.1) is 18.8 Å². The summed E-state index contributed by atoms with van der Waals surface area (Å²) >= 11 is 0. The van der Waals surface area contributed by atoms with Gasteiger partial charge in [-0.1, -0.05) is 0 Å². The van der Waals surface area contributed by atoms with Crippen LogP contribution >= 0.6 is 0 Å². The van der Waals surface area contributed by atoms with E-state index in [0.29, 0.717) is 17.0 Å². The fourth-order valence-electron chi connectivity index (χ4n) is 2.74. The molecule has 3 aromatic heterocycles. The van der Waals surface area contributed by atoms with Crippen molar-refractivity contribution in [3.8, 4) is 5.69 Å². The second-order valence-electron chi connectivity index (χ2n) is 5.43. The highest BCUT2D eigenvalue weighted by Crippen LogP contribution is 2.25. The van der Waals surface area contributed by atoms with E-state index >= 15 is 0 Å². The van der Waals surface area contributed by atoms with E-state index in [-0.39, 0.29) is 19.0 Å². The second-order valence-corrected chi connectivity index (χ2v) is 5.43. The molecule has 1 aliphatic rings. The molecule has 0 aliphatic carbocycles. The summed E-state index contributed by atoms with van der Waals surface area (Å²) < 4.78 is 28.1. The lowest BCUT2D eigenvalue weighted by Gasteiger charge is -2.34. The van der Waals surface area contributed by atoms with Gasteiger partial charge < -0.3 is 4.90 Å². The van der Waals surface area contributed by atoms with Crippen LogP contribution in [0.1, 0.15) is 10.5 Å². The number of nitrogens with zero attached hydrogens (tertiary/aromatic N) is 4. The summed E-state index contributed by atoms with van der Waals surface area (Å²) in [4.78, 5) is 21.9. The van der Waals surface area contributed by atoms with E-state index in [1.54, 1.807) is 29.0 Å². The number of carbonyl (C=O) groups is 1. The van der Waals surface area contributed by atoms with Crippen molar-refractivity contribution >= 4 is 16.9 Å². The zero-order valence-corrected chi connectivity index (χ0v) is 12.0. The Labute approximate surface area is 130 Å². The Bertz CT molecular complexity index is 902. The number of rotatable bonds is 2. The molecule has 1 amide bonds. The number of carbonyl (C=O) groups excluding carboxylic acids is 1. The van der Waals surface area contributed by atoms with Gasteiger partial charge in [-0.15, -0.1) is 0 Å². The van der Waals surface area contributed by atoms with E-state index in [4.69, 9.17) is 0 Å². The Kier molecular flexibility index (Phi) is 3.07. The maximum atomic E-state index is 13.5. The Morgan fingerprint density at radius 2 is 2.00 bits per heavy atom. The molecule has 0 saturated carbocycles. The van der Waals surface area contributed by atoms with Gasteiger partial charge >= 0.3 is 0 Å². The smallest absolute Gasteiger partial charge is 0.271 e. The molecule has 1 saturated heterocycles. The number of amides is 1. The van der Waals surface area contributed by atoms with Gasteiger partial charge in [-0.2, -0.15) is 4.39 Å². The lowest BCUT2D eigenvalue weighted by molar-refractivity contribution is 0.0393. The van der Waals surface area contributed by atoms with Crippen LogP contribution in [0, 0.1) is 5.95 Å². The third-order valence-corrected chi connectivity index (χ3v) is 3.87. The number of likely N-dealkylation sites (tertiary alicyclic amines) is 1. The van der Waals surface area contributed by atoms with Crippen LogP contribution in [-0.2, 0) is 0 Å². The van der Waals surface area contributed by atoms with Gasteiger partial charge in [-0.05, 0) is 24.3 Å². The lowest BCUT2D eigenvalue weighted by atomic mass is 10.1. The summed E-state index contributed by atoms with van der Waals surface area (Å²) in [6, 6.07) is 8.10. The molecule has 116 valence electrons. The lowest BCUT2D eigenvalue weighted by Crippen LogP contribution is -2.51. The monoisotopic (exact) mass is 314 g/mol. The van der Waals surface area contributed by atoms with Crippen LogP contribution in [-0.4, -0.2) is 44.6 Å². The third-order valence-electron chi connectivity index (χ3n) is 3.87. The molecule has 0 bridgehead atoms. The van der Waals surface area contributed by atoms with Crippen molar-refractivity contribution in [1.82, 2.24) is 19.4 Å². The van der Waals surface area contributed by atoms with Gasteiger partial charge in [-0.3, -0.25) is 9.36 Å². The summed E-state index contributed by atoms with van der Waals surface area (Å²) in [6.07, 6.45) is 1.95. The minimum atomic E-state index is -0.978.